The van der Waals surface area contributed by atoms with Gasteiger partial charge >= 0.3 is 0 Å². The van der Waals surface area contributed by atoms with Crippen molar-refractivity contribution >= 4 is 23.4 Å². The fourth-order valence-electron chi connectivity index (χ4n) is 1.34. The molecule has 1 rings (SSSR count). The van der Waals surface area contributed by atoms with Crippen LogP contribution < -0.4 is 11.1 Å². The molecular weight excluding hydrogens is 262 g/mol. The number of nitrogen functional groups attached to an aromatic ring is 1. The van der Waals surface area contributed by atoms with Gasteiger partial charge in [0.1, 0.15) is 0 Å². The highest BCUT2D eigenvalue weighted by Gasteiger charge is 2.04. The molecule has 1 aromatic rings. The zero-order valence-corrected chi connectivity index (χ0v) is 12.2. The minimum atomic E-state index is 0.00533. The van der Waals surface area contributed by atoms with Crippen molar-refractivity contribution in [3.8, 4) is 0 Å². The van der Waals surface area contributed by atoms with E-state index in [2.05, 4.69) is 10.3 Å². The Bertz CT molecular complexity index is 399. The second kappa shape index (κ2) is 8.77. The molecule has 0 aromatic carbocycles. The number of carbonyl (C=O) groups is 1. The van der Waals surface area contributed by atoms with E-state index in [0.29, 0.717) is 24.6 Å². The van der Waals surface area contributed by atoms with Crippen LogP contribution in [-0.4, -0.2) is 35.9 Å². The van der Waals surface area contributed by atoms with Crippen molar-refractivity contribution in [1.29, 1.82) is 0 Å². The molecule has 0 saturated heterocycles. The van der Waals surface area contributed by atoms with Crippen molar-refractivity contribution in [1.82, 2.24) is 10.3 Å². The van der Waals surface area contributed by atoms with Gasteiger partial charge in [-0.1, -0.05) is 0 Å². The number of anilines is 1. The van der Waals surface area contributed by atoms with Crippen LogP contribution in [0.4, 0.5) is 5.69 Å². The molecule has 106 valence electrons. The van der Waals surface area contributed by atoms with Gasteiger partial charge in [-0.25, -0.2) is 0 Å². The summed E-state index contributed by atoms with van der Waals surface area (Å²) in [6, 6.07) is 1.81. The lowest BCUT2D eigenvalue weighted by molar-refractivity contribution is -0.118. The summed E-state index contributed by atoms with van der Waals surface area (Å²) in [4.78, 5) is 16.4. The highest BCUT2D eigenvalue weighted by Crippen LogP contribution is 2.22. The second-order valence-electron chi connectivity index (χ2n) is 4.33. The quantitative estimate of drug-likeness (QED) is 0.561. The van der Waals surface area contributed by atoms with Crippen molar-refractivity contribution in [3.63, 3.8) is 0 Å². The molecule has 19 heavy (non-hydrogen) atoms. The predicted molar refractivity (Wildman–Crippen MR) is 78.1 cm³/mol. The van der Waals surface area contributed by atoms with Crippen LogP contribution in [0.25, 0.3) is 0 Å². The first-order chi connectivity index (χ1) is 9.09. The van der Waals surface area contributed by atoms with E-state index in [4.69, 9.17) is 10.5 Å². The highest BCUT2D eigenvalue weighted by atomic mass is 32.2. The number of aromatic nitrogens is 1. The van der Waals surface area contributed by atoms with Gasteiger partial charge in [-0.2, -0.15) is 0 Å². The summed E-state index contributed by atoms with van der Waals surface area (Å²) in [7, 11) is 0. The van der Waals surface area contributed by atoms with Crippen LogP contribution in [0.15, 0.2) is 23.4 Å². The van der Waals surface area contributed by atoms with Gasteiger partial charge in [0, 0.05) is 24.2 Å². The maximum Gasteiger partial charge on any atom is 0.230 e. The second-order valence-corrected chi connectivity index (χ2v) is 5.34. The molecule has 0 spiro atoms. The zero-order valence-electron chi connectivity index (χ0n) is 11.4. The van der Waals surface area contributed by atoms with Crippen molar-refractivity contribution in [2.75, 3.05) is 24.6 Å². The molecule has 1 aromatic heterocycles. The van der Waals surface area contributed by atoms with Gasteiger partial charge < -0.3 is 15.8 Å². The first kappa shape index (κ1) is 15.8. The van der Waals surface area contributed by atoms with Gasteiger partial charge in [-0.15, -0.1) is 11.8 Å². The fourth-order valence-corrected chi connectivity index (χ4v) is 2.10. The molecule has 0 fully saturated rings. The summed E-state index contributed by atoms with van der Waals surface area (Å²) in [5, 5.41) is 2.85. The molecule has 1 heterocycles. The lowest BCUT2D eigenvalue weighted by atomic mass is 10.4. The molecule has 0 radical (unpaired) electrons. The summed E-state index contributed by atoms with van der Waals surface area (Å²) in [6.07, 6.45) is 4.32. The highest BCUT2D eigenvalue weighted by molar-refractivity contribution is 8.00. The number of hydrogen-bond acceptors (Lipinski definition) is 5. The fraction of sp³-hybridized carbons (Fsp3) is 0.538. The molecule has 0 aliphatic rings. The van der Waals surface area contributed by atoms with Gasteiger partial charge in [0.25, 0.3) is 0 Å². The van der Waals surface area contributed by atoms with Crippen molar-refractivity contribution in [3.05, 3.63) is 18.5 Å². The maximum absolute atomic E-state index is 11.6. The van der Waals surface area contributed by atoms with E-state index >= 15 is 0 Å². The summed E-state index contributed by atoms with van der Waals surface area (Å²) in [6.45, 7) is 5.29. The Labute approximate surface area is 118 Å². The lowest BCUT2D eigenvalue weighted by Gasteiger charge is -2.08. The summed E-state index contributed by atoms with van der Waals surface area (Å²) in [5.41, 5.74) is 6.35. The average molecular weight is 283 g/mol. The smallest absolute Gasteiger partial charge is 0.230 e. The van der Waals surface area contributed by atoms with E-state index in [1.807, 2.05) is 19.9 Å². The van der Waals surface area contributed by atoms with Gasteiger partial charge in [0.2, 0.25) is 5.91 Å². The minimum Gasteiger partial charge on any atom is -0.397 e. The molecule has 6 heteroatoms. The number of nitrogens with zero attached hydrogens (tertiary/aromatic N) is 1. The molecule has 0 atom stereocenters. The van der Waals surface area contributed by atoms with Gasteiger partial charge in [-0.3, -0.25) is 9.78 Å². The number of carbonyl (C=O) groups excluding carboxylic acids is 1. The molecule has 5 nitrogen and oxygen atoms in total. The largest absolute Gasteiger partial charge is 0.397 e. The Morgan fingerprint density at radius 2 is 2.37 bits per heavy atom. The molecule has 0 bridgehead atoms. The molecule has 0 aliphatic carbocycles. The third-order valence-electron chi connectivity index (χ3n) is 2.26. The van der Waals surface area contributed by atoms with Crippen LogP contribution in [0.5, 0.6) is 0 Å². The van der Waals surface area contributed by atoms with Crippen LogP contribution in [0, 0.1) is 0 Å². The van der Waals surface area contributed by atoms with Crippen LogP contribution in [0.2, 0.25) is 0 Å². The van der Waals surface area contributed by atoms with Crippen LogP contribution >= 0.6 is 11.8 Å². The molecule has 0 aliphatic heterocycles. The third kappa shape index (κ3) is 7.03. The van der Waals surface area contributed by atoms with Crippen LogP contribution in [-0.2, 0) is 9.53 Å². The van der Waals surface area contributed by atoms with E-state index in [1.165, 1.54) is 11.8 Å². The van der Waals surface area contributed by atoms with Gasteiger partial charge in [-0.05, 0) is 26.3 Å². The third-order valence-corrected chi connectivity index (χ3v) is 3.35. The number of hydrogen-bond donors (Lipinski definition) is 2. The predicted octanol–water partition coefficient (Wildman–Crippen LogP) is 1.69. The maximum atomic E-state index is 11.6. The van der Waals surface area contributed by atoms with Crippen molar-refractivity contribution < 1.29 is 9.53 Å². The molecule has 3 N–H and O–H groups in total. The Kier molecular flexibility index (Phi) is 7.28. The van der Waals surface area contributed by atoms with Gasteiger partial charge in [0.15, 0.2) is 0 Å². The van der Waals surface area contributed by atoms with E-state index in [0.717, 1.165) is 11.3 Å². The van der Waals surface area contributed by atoms with Crippen molar-refractivity contribution in [2.45, 2.75) is 31.3 Å². The summed E-state index contributed by atoms with van der Waals surface area (Å²) >= 11 is 1.42. The number of amides is 1. The zero-order chi connectivity index (χ0) is 14.1. The first-order valence-corrected chi connectivity index (χ1v) is 7.28. The number of nitrogens with two attached hydrogens (primary N) is 1. The minimum absolute atomic E-state index is 0.00533. The number of pyridine rings is 1. The standard InChI is InChI=1S/C13H21N3O2S/c1-10(2)18-7-3-5-16-13(17)9-19-12-4-6-15-8-11(12)14/h4,6,8,10H,3,5,7,9,14H2,1-2H3,(H,16,17). The average Bonchev–Trinajstić information content (AvgIpc) is 2.37. The van der Waals surface area contributed by atoms with E-state index in [-0.39, 0.29) is 12.0 Å². The lowest BCUT2D eigenvalue weighted by Crippen LogP contribution is -2.27. The van der Waals surface area contributed by atoms with Crippen LogP contribution in [0.3, 0.4) is 0 Å². The van der Waals surface area contributed by atoms with Crippen molar-refractivity contribution in [2.24, 2.45) is 0 Å². The van der Waals surface area contributed by atoms with E-state index in [9.17, 15) is 4.79 Å². The molecule has 1 amide bonds. The Hall–Kier alpha value is -1.27. The normalized spacial score (nSPS) is 10.7. The SMILES string of the molecule is CC(C)OCCCNC(=O)CSc1ccncc1N. The van der Waals surface area contributed by atoms with Crippen LogP contribution in [0.1, 0.15) is 20.3 Å². The number of thioether (sulfide) groups is 1. The van der Waals surface area contributed by atoms with Gasteiger partial charge in [0.05, 0.1) is 23.7 Å². The number of rotatable bonds is 8. The number of ether oxygens (including phenoxy) is 1. The summed E-state index contributed by atoms with van der Waals surface area (Å²) < 4.78 is 5.39. The topological polar surface area (TPSA) is 77.2 Å². The molecular formula is C13H21N3O2S. The Morgan fingerprint density at radius 1 is 1.58 bits per heavy atom. The summed E-state index contributed by atoms with van der Waals surface area (Å²) in [5.74, 6) is 0.366. The first-order valence-electron chi connectivity index (χ1n) is 6.30. The Balaban J connectivity index is 2.13. The molecule has 0 saturated carbocycles. The molecule has 0 unspecified atom stereocenters. The number of nitrogens with one attached hydrogen (secondary N) is 1. The Morgan fingerprint density at radius 3 is 3.05 bits per heavy atom. The monoisotopic (exact) mass is 283 g/mol. The van der Waals surface area contributed by atoms with E-state index < -0.39 is 0 Å². The van der Waals surface area contributed by atoms with E-state index in [1.54, 1.807) is 12.4 Å².